The summed E-state index contributed by atoms with van der Waals surface area (Å²) >= 11 is 1.18. The first-order valence-corrected chi connectivity index (χ1v) is 9.12. The molecule has 11 heteroatoms. The number of nitrogens with one attached hydrogen (secondary N) is 1. The molecule has 0 bridgehead atoms. The molecule has 146 valence electrons. The Hall–Kier alpha value is -2.69. The number of hydrogen-bond donors (Lipinski definition) is 2. The van der Waals surface area contributed by atoms with Crippen molar-refractivity contribution in [1.82, 2.24) is 24.4 Å². The van der Waals surface area contributed by atoms with E-state index < -0.39 is 28.6 Å². The second kappa shape index (κ2) is 7.51. The van der Waals surface area contributed by atoms with E-state index in [-0.39, 0.29) is 23.2 Å². The lowest BCUT2D eigenvalue weighted by atomic mass is 9.96. The number of urea groups is 1. The van der Waals surface area contributed by atoms with Gasteiger partial charge in [-0.05, 0) is 0 Å². The fourth-order valence-electron chi connectivity index (χ4n) is 2.31. The third-order valence-electron chi connectivity index (χ3n) is 3.77. The molecule has 2 aromatic heterocycles. The number of fused-ring (bicyclic) bond motifs is 1. The first kappa shape index (κ1) is 20.6. The summed E-state index contributed by atoms with van der Waals surface area (Å²) in [5, 5.41) is 2.58. The molecule has 2 aromatic rings. The van der Waals surface area contributed by atoms with Crippen molar-refractivity contribution in [3.63, 3.8) is 0 Å². The average molecular weight is 394 g/mol. The van der Waals surface area contributed by atoms with E-state index in [4.69, 9.17) is 5.73 Å². The van der Waals surface area contributed by atoms with Gasteiger partial charge in [0.05, 0.1) is 0 Å². The highest BCUT2D eigenvalue weighted by molar-refractivity contribution is 7.99. The number of nitrogens with zero attached hydrogens (tertiary/aromatic N) is 4. The molecular formula is C16H22N6O4S. The molecule has 0 unspecified atom stereocenters. The number of aryl methyl sites for hydroxylation is 1. The number of amides is 3. The smallest absolute Gasteiger partial charge is 0.332 e. The van der Waals surface area contributed by atoms with Gasteiger partial charge in [-0.15, -0.1) is 11.8 Å². The lowest BCUT2D eigenvalue weighted by Crippen LogP contribution is -2.38. The lowest BCUT2D eigenvalue weighted by Gasteiger charge is -2.19. The van der Waals surface area contributed by atoms with Crippen molar-refractivity contribution in [3.05, 3.63) is 26.7 Å². The van der Waals surface area contributed by atoms with Gasteiger partial charge in [0.2, 0.25) is 5.91 Å². The van der Waals surface area contributed by atoms with Crippen molar-refractivity contribution in [2.45, 2.75) is 37.6 Å². The molecule has 0 spiro atoms. The first-order valence-electron chi connectivity index (χ1n) is 8.13. The molecule has 0 saturated carbocycles. The maximum atomic E-state index is 12.6. The van der Waals surface area contributed by atoms with Crippen LogP contribution < -0.4 is 22.3 Å². The predicted molar refractivity (Wildman–Crippen MR) is 102 cm³/mol. The molecule has 3 amide bonds. The molecule has 0 atom stereocenters. The van der Waals surface area contributed by atoms with Crippen molar-refractivity contribution in [2.24, 2.45) is 19.8 Å². The lowest BCUT2D eigenvalue weighted by molar-refractivity contribution is -0.119. The number of carbonyl (C=O) groups excluding carboxylic acids is 2. The third-order valence-corrected chi connectivity index (χ3v) is 4.75. The van der Waals surface area contributed by atoms with Crippen LogP contribution in [0, 0.1) is 0 Å². The van der Waals surface area contributed by atoms with Crippen LogP contribution in [-0.4, -0.2) is 36.8 Å². The van der Waals surface area contributed by atoms with Crippen molar-refractivity contribution in [3.8, 4) is 0 Å². The van der Waals surface area contributed by atoms with Crippen LogP contribution in [-0.2, 0) is 24.3 Å². The SMILES string of the molecule is Cn1c(=O)c2c(SCCC(=O)NC(N)=O)nc(C(C)(C)C)nc2n(C)c1=O. The van der Waals surface area contributed by atoms with E-state index in [1.54, 1.807) is 0 Å². The number of aromatic nitrogens is 4. The minimum Gasteiger partial charge on any atom is -0.351 e. The molecule has 27 heavy (non-hydrogen) atoms. The molecular weight excluding hydrogens is 372 g/mol. The van der Waals surface area contributed by atoms with Crippen molar-refractivity contribution in [1.29, 1.82) is 0 Å². The summed E-state index contributed by atoms with van der Waals surface area (Å²) in [7, 11) is 2.93. The summed E-state index contributed by atoms with van der Waals surface area (Å²) in [6.45, 7) is 5.76. The highest BCUT2D eigenvalue weighted by Crippen LogP contribution is 2.27. The van der Waals surface area contributed by atoms with Gasteiger partial charge in [0, 0.05) is 31.7 Å². The Balaban J connectivity index is 2.56. The van der Waals surface area contributed by atoms with Gasteiger partial charge >= 0.3 is 11.7 Å². The van der Waals surface area contributed by atoms with E-state index >= 15 is 0 Å². The Bertz CT molecular complexity index is 1030. The predicted octanol–water partition coefficient (Wildman–Crippen LogP) is 0.00180. The highest BCUT2D eigenvalue weighted by atomic mass is 32.2. The van der Waals surface area contributed by atoms with Crippen LogP contribution in [0.2, 0.25) is 0 Å². The van der Waals surface area contributed by atoms with Crippen LogP contribution in [0.1, 0.15) is 33.0 Å². The van der Waals surface area contributed by atoms with Gasteiger partial charge in [-0.25, -0.2) is 19.6 Å². The van der Waals surface area contributed by atoms with Gasteiger partial charge in [-0.2, -0.15) is 0 Å². The van der Waals surface area contributed by atoms with Gasteiger partial charge in [0.15, 0.2) is 5.65 Å². The summed E-state index contributed by atoms with van der Waals surface area (Å²) < 4.78 is 2.30. The number of rotatable bonds is 4. The second-order valence-electron chi connectivity index (χ2n) is 7.02. The summed E-state index contributed by atoms with van der Waals surface area (Å²) in [6.07, 6.45) is 0.00995. The monoisotopic (exact) mass is 394 g/mol. The summed E-state index contributed by atoms with van der Waals surface area (Å²) in [5.74, 6) is 0.216. The minimum absolute atomic E-state index is 0.00995. The van der Waals surface area contributed by atoms with E-state index in [1.165, 1.54) is 30.4 Å². The zero-order valence-corrected chi connectivity index (χ0v) is 16.6. The summed E-state index contributed by atoms with van der Waals surface area (Å²) in [5.41, 5.74) is 3.76. The fourth-order valence-corrected chi connectivity index (χ4v) is 3.26. The maximum Gasteiger partial charge on any atom is 0.332 e. The maximum absolute atomic E-state index is 12.6. The molecule has 0 fully saturated rings. The first-order chi connectivity index (χ1) is 12.4. The zero-order chi connectivity index (χ0) is 20.5. The standard InChI is InChI=1S/C16H22N6O4S/c1-16(2,3)13-19-10-9(12(24)22(5)15(26)21(10)4)11(20-13)27-7-6-8(23)18-14(17)25/h6-7H2,1-5H3,(H3,17,18,23,25). The van der Waals surface area contributed by atoms with Crippen LogP contribution in [0.15, 0.2) is 14.6 Å². The Morgan fingerprint density at radius 1 is 1.15 bits per heavy atom. The Kier molecular flexibility index (Phi) is 5.73. The zero-order valence-electron chi connectivity index (χ0n) is 15.8. The van der Waals surface area contributed by atoms with Gasteiger partial charge in [-0.1, -0.05) is 20.8 Å². The minimum atomic E-state index is -0.920. The topological polar surface area (TPSA) is 142 Å². The van der Waals surface area contributed by atoms with Crippen LogP contribution in [0.25, 0.3) is 11.0 Å². The molecule has 0 aliphatic carbocycles. The van der Waals surface area contributed by atoms with Gasteiger partial charge < -0.3 is 5.73 Å². The Morgan fingerprint density at radius 2 is 1.78 bits per heavy atom. The molecule has 0 aromatic carbocycles. The molecule has 10 nitrogen and oxygen atoms in total. The quantitative estimate of drug-likeness (QED) is 0.549. The molecule has 0 aliphatic rings. The Labute approximate surface area is 159 Å². The van der Waals surface area contributed by atoms with Gasteiger partial charge in [-0.3, -0.25) is 24.0 Å². The van der Waals surface area contributed by atoms with Crippen molar-refractivity contribution >= 4 is 34.7 Å². The van der Waals surface area contributed by atoms with Gasteiger partial charge in [0.1, 0.15) is 16.2 Å². The van der Waals surface area contributed by atoms with E-state index in [0.29, 0.717) is 10.9 Å². The van der Waals surface area contributed by atoms with Crippen molar-refractivity contribution in [2.75, 3.05) is 5.75 Å². The molecule has 0 aliphatic heterocycles. The number of hydrogen-bond acceptors (Lipinski definition) is 7. The third kappa shape index (κ3) is 4.35. The molecule has 2 rings (SSSR count). The normalized spacial score (nSPS) is 11.6. The fraction of sp³-hybridized carbons (Fsp3) is 0.500. The van der Waals surface area contributed by atoms with E-state index in [9.17, 15) is 19.2 Å². The number of imide groups is 1. The number of primary amides is 1. The second-order valence-corrected chi connectivity index (χ2v) is 8.10. The van der Waals surface area contributed by atoms with E-state index in [0.717, 1.165) is 4.57 Å². The number of thioether (sulfide) groups is 1. The largest absolute Gasteiger partial charge is 0.351 e. The molecule has 0 saturated heterocycles. The highest BCUT2D eigenvalue weighted by Gasteiger charge is 2.23. The molecule has 2 heterocycles. The van der Waals surface area contributed by atoms with Gasteiger partial charge in [0.25, 0.3) is 5.56 Å². The van der Waals surface area contributed by atoms with E-state index in [1.807, 2.05) is 26.1 Å². The summed E-state index contributed by atoms with van der Waals surface area (Å²) in [6, 6.07) is -0.920. The van der Waals surface area contributed by atoms with Crippen LogP contribution >= 0.6 is 11.8 Å². The average Bonchev–Trinajstić information content (AvgIpc) is 2.55. The molecule has 3 N–H and O–H groups in total. The van der Waals surface area contributed by atoms with E-state index in [2.05, 4.69) is 9.97 Å². The summed E-state index contributed by atoms with van der Waals surface area (Å²) in [4.78, 5) is 56.1. The molecule has 0 radical (unpaired) electrons. The van der Waals surface area contributed by atoms with Crippen LogP contribution in [0.4, 0.5) is 4.79 Å². The van der Waals surface area contributed by atoms with Crippen LogP contribution in [0.3, 0.4) is 0 Å². The Morgan fingerprint density at radius 3 is 2.33 bits per heavy atom. The number of carbonyl (C=O) groups is 2. The number of nitrogens with two attached hydrogens (primary N) is 1. The van der Waals surface area contributed by atoms with Crippen LogP contribution in [0.5, 0.6) is 0 Å². The van der Waals surface area contributed by atoms with Crippen molar-refractivity contribution < 1.29 is 9.59 Å².